The van der Waals surface area contributed by atoms with Crippen molar-refractivity contribution < 1.29 is 24.2 Å². The number of aromatic nitrogens is 2. The van der Waals surface area contributed by atoms with Gasteiger partial charge in [-0.2, -0.15) is 0 Å². The molecule has 2 rings (SSSR count). The first-order chi connectivity index (χ1) is 18.1. The number of rotatable bonds is 17. The molecular weight excluding hydrogens is 486 g/mol. The Morgan fingerprint density at radius 1 is 1.13 bits per heavy atom. The topological polar surface area (TPSA) is 141 Å². The van der Waals surface area contributed by atoms with Gasteiger partial charge in [0.2, 0.25) is 5.91 Å². The van der Waals surface area contributed by atoms with Gasteiger partial charge in [0.1, 0.15) is 11.3 Å². The first-order valence-electron chi connectivity index (χ1n) is 13.3. The van der Waals surface area contributed by atoms with Crippen molar-refractivity contribution in [1.29, 1.82) is 0 Å². The third-order valence-electron chi connectivity index (χ3n) is 6.85. The highest BCUT2D eigenvalue weighted by Gasteiger charge is 2.30. The molecule has 2 amide bonds. The van der Waals surface area contributed by atoms with Crippen LogP contribution in [-0.2, 0) is 15.1 Å². The first kappa shape index (κ1) is 31.3. The Bertz CT molecular complexity index is 980. The first-order valence-corrected chi connectivity index (χ1v) is 13.3. The second-order valence-electron chi connectivity index (χ2n) is 10.5. The number of aliphatic hydroxyl groups excluding tert-OH is 1. The molecule has 0 aliphatic rings. The highest BCUT2D eigenvalue weighted by molar-refractivity contribution is 5.96. The quantitative estimate of drug-likeness (QED) is 0.230. The summed E-state index contributed by atoms with van der Waals surface area (Å²) in [7, 11) is 1.67. The van der Waals surface area contributed by atoms with E-state index >= 15 is 0 Å². The number of unbranched alkanes of at least 4 members (excludes halogenated alkanes) is 1. The van der Waals surface area contributed by atoms with E-state index in [0.717, 1.165) is 12.8 Å². The van der Waals surface area contributed by atoms with Crippen molar-refractivity contribution >= 4 is 11.8 Å². The molecule has 38 heavy (non-hydrogen) atoms. The summed E-state index contributed by atoms with van der Waals surface area (Å²) in [5.74, 6) is 0.338. The maximum atomic E-state index is 13.0. The van der Waals surface area contributed by atoms with Crippen molar-refractivity contribution in [3.8, 4) is 5.75 Å². The molecule has 0 saturated heterocycles. The average Bonchev–Trinajstić information content (AvgIpc) is 3.45. The van der Waals surface area contributed by atoms with Crippen molar-refractivity contribution in [3.05, 3.63) is 48.5 Å². The van der Waals surface area contributed by atoms with Crippen LogP contribution in [0.3, 0.4) is 0 Å². The van der Waals surface area contributed by atoms with Crippen LogP contribution in [0.4, 0.5) is 0 Å². The SMILES string of the molecule is COCCCCOc1ccccc1C(=O)NC[C@@H](C[C@H](N)[C@@H](O)CNC(=O)C(C)(C)n1ccnc1)C(C)C. The lowest BCUT2D eigenvalue weighted by Crippen LogP contribution is -2.50. The Balaban J connectivity index is 1.87. The molecule has 0 saturated carbocycles. The molecule has 0 aliphatic carbocycles. The summed E-state index contributed by atoms with van der Waals surface area (Å²) in [5.41, 5.74) is 5.95. The minimum absolute atomic E-state index is 0.0313. The summed E-state index contributed by atoms with van der Waals surface area (Å²) in [5, 5.41) is 16.5. The van der Waals surface area contributed by atoms with Gasteiger partial charge in [-0.05, 0) is 57.1 Å². The fourth-order valence-corrected chi connectivity index (χ4v) is 4.00. The lowest BCUT2D eigenvalue weighted by Gasteiger charge is -2.29. The summed E-state index contributed by atoms with van der Waals surface area (Å²) in [4.78, 5) is 29.7. The van der Waals surface area contributed by atoms with E-state index in [2.05, 4.69) is 29.5 Å². The predicted molar refractivity (Wildman–Crippen MR) is 147 cm³/mol. The van der Waals surface area contributed by atoms with Crippen LogP contribution in [-0.4, -0.2) is 72.0 Å². The van der Waals surface area contributed by atoms with Crippen LogP contribution >= 0.6 is 0 Å². The van der Waals surface area contributed by atoms with E-state index in [0.29, 0.717) is 37.5 Å². The van der Waals surface area contributed by atoms with Crippen LogP contribution in [0.5, 0.6) is 5.75 Å². The number of nitrogens with one attached hydrogen (secondary N) is 2. The van der Waals surface area contributed by atoms with Gasteiger partial charge in [0.25, 0.3) is 5.91 Å². The fraction of sp³-hybridized carbons (Fsp3) is 0.607. The number of nitrogens with zero attached hydrogens (tertiary/aromatic N) is 2. The average molecular weight is 532 g/mol. The van der Waals surface area contributed by atoms with E-state index < -0.39 is 17.7 Å². The number of ether oxygens (including phenoxy) is 2. The summed E-state index contributed by atoms with van der Waals surface area (Å²) in [6, 6.07) is 6.61. The van der Waals surface area contributed by atoms with Crippen LogP contribution in [0.25, 0.3) is 0 Å². The number of para-hydroxylation sites is 1. The number of carbonyl (C=O) groups excluding carboxylic acids is 2. The molecule has 10 nitrogen and oxygen atoms in total. The lowest BCUT2D eigenvalue weighted by molar-refractivity contribution is -0.128. The van der Waals surface area contributed by atoms with Gasteiger partial charge in [0, 0.05) is 45.2 Å². The number of benzene rings is 1. The molecule has 212 valence electrons. The molecule has 1 heterocycles. The van der Waals surface area contributed by atoms with Gasteiger partial charge in [-0.3, -0.25) is 9.59 Å². The molecule has 1 aromatic heterocycles. The summed E-state index contributed by atoms with van der Waals surface area (Å²) >= 11 is 0. The Morgan fingerprint density at radius 2 is 1.84 bits per heavy atom. The normalized spacial score (nSPS) is 14.1. The zero-order chi connectivity index (χ0) is 28.1. The van der Waals surface area contributed by atoms with Crippen molar-refractivity contribution in [2.45, 2.75) is 64.6 Å². The molecule has 1 aromatic carbocycles. The Hall–Kier alpha value is -2.95. The molecule has 0 radical (unpaired) electrons. The number of hydrogen-bond donors (Lipinski definition) is 4. The van der Waals surface area contributed by atoms with E-state index in [-0.39, 0.29) is 30.2 Å². The monoisotopic (exact) mass is 531 g/mol. The molecule has 3 atom stereocenters. The number of carbonyl (C=O) groups is 2. The van der Waals surface area contributed by atoms with Gasteiger partial charge in [-0.15, -0.1) is 0 Å². The van der Waals surface area contributed by atoms with Crippen molar-refractivity contribution in [2.75, 3.05) is 33.4 Å². The number of aliphatic hydroxyl groups is 1. The fourth-order valence-electron chi connectivity index (χ4n) is 4.00. The third kappa shape index (κ3) is 9.41. The number of nitrogens with two attached hydrogens (primary N) is 1. The highest BCUT2D eigenvalue weighted by atomic mass is 16.5. The van der Waals surface area contributed by atoms with E-state index in [4.69, 9.17) is 15.2 Å². The Labute approximate surface area is 226 Å². The molecule has 5 N–H and O–H groups in total. The molecule has 0 bridgehead atoms. The van der Waals surface area contributed by atoms with Crippen LogP contribution in [0.15, 0.2) is 43.0 Å². The minimum Gasteiger partial charge on any atom is -0.493 e. The summed E-state index contributed by atoms with van der Waals surface area (Å²) < 4.78 is 12.6. The zero-order valence-corrected chi connectivity index (χ0v) is 23.4. The second-order valence-corrected chi connectivity index (χ2v) is 10.5. The number of methoxy groups -OCH3 is 1. The van der Waals surface area contributed by atoms with Gasteiger partial charge >= 0.3 is 0 Å². The van der Waals surface area contributed by atoms with Crippen LogP contribution < -0.4 is 21.1 Å². The minimum atomic E-state index is -0.929. The maximum Gasteiger partial charge on any atom is 0.255 e. The Morgan fingerprint density at radius 3 is 2.50 bits per heavy atom. The molecule has 0 aliphatic heterocycles. The van der Waals surface area contributed by atoms with Crippen molar-refractivity contribution in [3.63, 3.8) is 0 Å². The van der Waals surface area contributed by atoms with Gasteiger partial charge in [0.05, 0.1) is 24.6 Å². The third-order valence-corrected chi connectivity index (χ3v) is 6.85. The number of imidazole rings is 1. The van der Waals surface area contributed by atoms with Gasteiger partial charge in [-0.1, -0.05) is 26.0 Å². The summed E-state index contributed by atoms with van der Waals surface area (Å²) in [6.07, 6.45) is 6.19. The van der Waals surface area contributed by atoms with Crippen molar-refractivity contribution in [2.24, 2.45) is 17.6 Å². The standard InChI is InChI=1S/C28H45N5O5/c1-20(2)21(16-23(29)24(34)18-32-27(36)28(3,4)33-13-12-30-19-33)17-31-26(35)22-10-6-7-11-25(22)38-15-9-8-14-37-5/h6-7,10-13,19-21,23-24,34H,8-9,14-18,29H2,1-5H3,(H,31,35)(H,32,36)/t21-,23+,24+/m1/s1. The molecule has 2 aromatic rings. The highest BCUT2D eigenvalue weighted by Crippen LogP contribution is 2.21. The van der Waals surface area contributed by atoms with Crippen LogP contribution in [0, 0.1) is 11.8 Å². The number of hydrogen-bond acceptors (Lipinski definition) is 7. The van der Waals surface area contributed by atoms with E-state index in [1.165, 1.54) is 0 Å². The van der Waals surface area contributed by atoms with E-state index in [1.54, 1.807) is 62.4 Å². The van der Waals surface area contributed by atoms with Gasteiger partial charge in [-0.25, -0.2) is 4.98 Å². The van der Waals surface area contributed by atoms with Gasteiger partial charge in [0.15, 0.2) is 0 Å². The lowest BCUT2D eigenvalue weighted by atomic mass is 9.87. The largest absolute Gasteiger partial charge is 0.493 e. The molecule has 10 heteroatoms. The van der Waals surface area contributed by atoms with E-state index in [9.17, 15) is 14.7 Å². The van der Waals surface area contributed by atoms with Gasteiger partial charge < -0.3 is 35.5 Å². The summed E-state index contributed by atoms with van der Waals surface area (Å²) in [6.45, 7) is 9.28. The van der Waals surface area contributed by atoms with Crippen LogP contribution in [0.1, 0.15) is 57.3 Å². The molecule has 0 unspecified atom stereocenters. The number of amides is 2. The second kappa shape index (κ2) is 15.5. The molecular formula is C28H45N5O5. The van der Waals surface area contributed by atoms with Crippen molar-refractivity contribution in [1.82, 2.24) is 20.2 Å². The molecule has 0 fully saturated rings. The predicted octanol–water partition coefficient (Wildman–Crippen LogP) is 2.32. The van der Waals surface area contributed by atoms with Crippen LogP contribution in [0.2, 0.25) is 0 Å². The van der Waals surface area contributed by atoms with E-state index in [1.807, 2.05) is 6.07 Å². The zero-order valence-electron chi connectivity index (χ0n) is 23.4. The Kier molecular flexibility index (Phi) is 12.7. The smallest absolute Gasteiger partial charge is 0.255 e. The maximum absolute atomic E-state index is 13.0. The molecule has 0 spiro atoms.